The Bertz CT molecular complexity index is 543. The minimum Gasteiger partial charge on any atom is -0.491 e. The molecule has 1 aliphatic rings. The summed E-state index contributed by atoms with van der Waals surface area (Å²) in [6.07, 6.45) is 1.99. The third-order valence-corrected chi connectivity index (χ3v) is 5.00. The van der Waals surface area contributed by atoms with Crippen molar-refractivity contribution < 1.29 is 14.6 Å². The molecule has 1 saturated heterocycles. The van der Waals surface area contributed by atoms with Crippen molar-refractivity contribution in [3.63, 3.8) is 0 Å². The van der Waals surface area contributed by atoms with Crippen LogP contribution in [0.3, 0.4) is 0 Å². The SMILES string of the molecule is CC(C)C(=O)N1CCC(NCc2ccc(OCCO)cc2Br)CC1. The predicted molar refractivity (Wildman–Crippen MR) is 98.0 cm³/mol. The van der Waals surface area contributed by atoms with E-state index in [0.717, 1.165) is 42.7 Å². The zero-order chi connectivity index (χ0) is 17.5. The zero-order valence-electron chi connectivity index (χ0n) is 14.4. The molecule has 24 heavy (non-hydrogen) atoms. The summed E-state index contributed by atoms with van der Waals surface area (Å²) in [5.41, 5.74) is 1.17. The van der Waals surface area contributed by atoms with Crippen LogP contribution >= 0.6 is 15.9 Å². The summed E-state index contributed by atoms with van der Waals surface area (Å²) in [7, 11) is 0. The van der Waals surface area contributed by atoms with Crippen molar-refractivity contribution in [3.8, 4) is 5.75 Å². The molecule has 1 heterocycles. The molecular weight excluding hydrogens is 372 g/mol. The van der Waals surface area contributed by atoms with Gasteiger partial charge in [-0.25, -0.2) is 0 Å². The lowest BCUT2D eigenvalue weighted by Crippen LogP contribution is -2.46. The number of aliphatic hydroxyl groups is 1. The summed E-state index contributed by atoms with van der Waals surface area (Å²) in [5, 5.41) is 12.4. The van der Waals surface area contributed by atoms with E-state index in [2.05, 4.69) is 21.2 Å². The molecule has 1 aromatic rings. The molecule has 0 spiro atoms. The normalized spacial score (nSPS) is 15.8. The predicted octanol–water partition coefficient (Wildman–Crippen LogP) is 2.56. The second-order valence-electron chi connectivity index (χ2n) is 6.46. The van der Waals surface area contributed by atoms with Crippen molar-refractivity contribution in [2.75, 3.05) is 26.3 Å². The Labute approximate surface area is 152 Å². The number of carbonyl (C=O) groups excluding carboxylic acids is 1. The average molecular weight is 399 g/mol. The number of piperidine rings is 1. The van der Waals surface area contributed by atoms with Gasteiger partial charge in [0.15, 0.2) is 0 Å². The molecule has 2 N–H and O–H groups in total. The van der Waals surface area contributed by atoms with Gasteiger partial charge >= 0.3 is 0 Å². The molecule has 134 valence electrons. The van der Waals surface area contributed by atoms with E-state index in [9.17, 15) is 4.79 Å². The second kappa shape index (κ2) is 9.39. The number of aliphatic hydroxyl groups excluding tert-OH is 1. The molecule has 0 atom stereocenters. The molecule has 5 nitrogen and oxygen atoms in total. The van der Waals surface area contributed by atoms with Crippen LogP contribution in [0.4, 0.5) is 0 Å². The van der Waals surface area contributed by atoms with Gasteiger partial charge in [0.2, 0.25) is 5.91 Å². The maximum absolute atomic E-state index is 12.0. The summed E-state index contributed by atoms with van der Waals surface area (Å²) in [6, 6.07) is 6.32. The van der Waals surface area contributed by atoms with Gasteiger partial charge < -0.3 is 20.1 Å². The van der Waals surface area contributed by atoms with Crippen molar-refractivity contribution in [1.29, 1.82) is 0 Å². The lowest BCUT2D eigenvalue weighted by atomic mass is 10.0. The average Bonchev–Trinajstić information content (AvgIpc) is 2.59. The van der Waals surface area contributed by atoms with E-state index in [1.165, 1.54) is 5.56 Å². The van der Waals surface area contributed by atoms with Gasteiger partial charge in [-0.05, 0) is 30.5 Å². The van der Waals surface area contributed by atoms with Gasteiger partial charge in [0.05, 0.1) is 6.61 Å². The standard InChI is InChI=1S/C18H27BrN2O3/c1-13(2)18(23)21-7-5-15(6-8-21)20-12-14-3-4-16(11-17(14)19)24-10-9-22/h3-4,11,13,15,20,22H,5-10,12H2,1-2H3. The fourth-order valence-electron chi connectivity index (χ4n) is 2.85. The quantitative estimate of drug-likeness (QED) is 0.740. The highest BCUT2D eigenvalue weighted by molar-refractivity contribution is 9.10. The summed E-state index contributed by atoms with van der Waals surface area (Å²) in [5.74, 6) is 1.09. The molecule has 1 fully saturated rings. The van der Waals surface area contributed by atoms with Crippen LogP contribution in [0.1, 0.15) is 32.3 Å². The fourth-order valence-corrected chi connectivity index (χ4v) is 3.35. The zero-order valence-corrected chi connectivity index (χ0v) is 16.0. The maximum Gasteiger partial charge on any atom is 0.225 e. The minimum atomic E-state index is 0.0128. The number of amides is 1. The number of hydrogen-bond donors (Lipinski definition) is 2. The molecule has 1 amide bonds. The van der Waals surface area contributed by atoms with E-state index >= 15 is 0 Å². The van der Waals surface area contributed by atoms with Crippen LogP contribution in [-0.4, -0.2) is 48.3 Å². The lowest BCUT2D eigenvalue weighted by Gasteiger charge is -2.33. The Balaban J connectivity index is 1.79. The van der Waals surface area contributed by atoms with E-state index in [4.69, 9.17) is 9.84 Å². The van der Waals surface area contributed by atoms with Crippen LogP contribution in [0.15, 0.2) is 22.7 Å². The highest BCUT2D eigenvalue weighted by atomic mass is 79.9. The number of carbonyl (C=O) groups is 1. The first kappa shape index (κ1) is 19.2. The van der Waals surface area contributed by atoms with Gasteiger partial charge in [0, 0.05) is 36.1 Å². The number of ether oxygens (including phenoxy) is 1. The Morgan fingerprint density at radius 2 is 2.12 bits per heavy atom. The van der Waals surface area contributed by atoms with Crippen molar-refractivity contribution >= 4 is 21.8 Å². The van der Waals surface area contributed by atoms with Crippen molar-refractivity contribution in [2.45, 2.75) is 39.3 Å². The van der Waals surface area contributed by atoms with E-state index in [-0.39, 0.29) is 18.4 Å². The smallest absolute Gasteiger partial charge is 0.225 e. The van der Waals surface area contributed by atoms with E-state index in [1.807, 2.05) is 36.9 Å². The minimum absolute atomic E-state index is 0.0128. The molecular formula is C18H27BrN2O3. The first-order chi connectivity index (χ1) is 11.5. The van der Waals surface area contributed by atoms with Crippen LogP contribution < -0.4 is 10.1 Å². The maximum atomic E-state index is 12.0. The molecule has 1 aliphatic heterocycles. The highest BCUT2D eigenvalue weighted by Gasteiger charge is 2.23. The summed E-state index contributed by atoms with van der Waals surface area (Å²) in [6.45, 7) is 6.68. The number of halogens is 1. The van der Waals surface area contributed by atoms with Crippen LogP contribution in [-0.2, 0) is 11.3 Å². The molecule has 6 heteroatoms. The third kappa shape index (κ3) is 5.46. The first-order valence-electron chi connectivity index (χ1n) is 8.55. The van der Waals surface area contributed by atoms with E-state index < -0.39 is 0 Å². The summed E-state index contributed by atoms with van der Waals surface area (Å²) < 4.78 is 6.40. The Hall–Kier alpha value is -1.11. The fraction of sp³-hybridized carbons (Fsp3) is 0.611. The first-order valence-corrected chi connectivity index (χ1v) is 9.34. The lowest BCUT2D eigenvalue weighted by molar-refractivity contribution is -0.135. The molecule has 0 aliphatic carbocycles. The second-order valence-corrected chi connectivity index (χ2v) is 7.31. The molecule has 0 radical (unpaired) electrons. The van der Waals surface area contributed by atoms with Gasteiger partial charge in [-0.1, -0.05) is 35.8 Å². The van der Waals surface area contributed by atoms with E-state index in [1.54, 1.807) is 0 Å². The number of rotatable bonds is 7. The topological polar surface area (TPSA) is 61.8 Å². The highest BCUT2D eigenvalue weighted by Crippen LogP contribution is 2.23. The van der Waals surface area contributed by atoms with Gasteiger partial charge in [-0.3, -0.25) is 4.79 Å². The van der Waals surface area contributed by atoms with Crippen molar-refractivity contribution in [3.05, 3.63) is 28.2 Å². The molecule has 2 rings (SSSR count). The number of hydrogen-bond acceptors (Lipinski definition) is 4. The Kier molecular flexibility index (Phi) is 7.52. The van der Waals surface area contributed by atoms with Crippen LogP contribution in [0.25, 0.3) is 0 Å². The molecule has 0 bridgehead atoms. The van der Waals surface area contributed by atoms with E-state index in [0.29, 0.717) is 12.6 Å². The molecule has 0 unspecified atom stereocenters. The van der Waals surface area contributed by atoms with Gasteiger partial charge in [-0.2, -0.15) is 0 Å². The Morgan fingerprint density at radius 1 is 1.42 bits per heavy atom. The largest absolute Gasteiger partial charge is 0.491 e. The van der Waals surface area contributed by atoms with Crippen LogP contribution in [0.5, 0.6) is 5.75 Å². The van der Waals surface area contributed by atoms with Crippen LogP contribution in [0, 0.1) is 5.92 Å². The van der Waals surface area contributed by atoms with Gasteiger partial charge in [-0.15, -0.1) is 0 Å². The molecule has 0 saturated carbocycles. The summed E-state index contributed by atoms with van der Waals surface area (Å²) in [4.78, 5) is 14.0. The third-order valence-electron chi connectivity index (χ3n) is 4.27. The number of likely N-dealkylation sites (tertiary alicyclic amines) is 1. The van der Waals surface area contributed by atoms with Crippen molar-refractivity contribution in [1.82, 2.24) is 10.2 Å². The molecule has 1 aromatic carbocycles. The van der Waals surface area contributed by atoms with Crippen molar-refractivity contribution in [2.24, 2.45) is 5.92 Å². The number of nitrogens with zero attached hydrogens (tertiary/aromatic N) is 1. The Morgan fingerprint density at radius 3 is 2.71 bits per heavy atom. The van der Waals surface area contributed by atoms with Crippen LogP contribution in [0.2, 0.25) is 0 Å². The monoisotopic (exact) mass is 398 g/mol. The van der Waals surface area contributed by atoms with Gasteiger partial charge in [0.1, 0.15) is 12.4 Å². The molecule has 0 aromatic heterocycles. The summed E-state index contributed by atoms with van der Waals surface area (Å²) >= 11 is 3.57. The number of nitrogens with one attached hydrogen (secondary N) is 1. The number of benzene rings is 1. The van der Waals surface area contributed by atoms with Gasteiger partial charge in [0.25, 0.3) is 0 Å².